The molecule has 0 saturated heterocycles. The zero-order chi connectivity index (χ0) is 11.5. The molecule has 2 nitrogen and oxygen atoms in total. The predicted molar refractivity (Wildman–Crippen MR) is 59.2 cm³/mol. The van der Waals surface area contributed by atoms with Crippen LogP contribution in [0.4, 0.5) is 4.39 Å². The number of benzene rings is 1. The number of halogens is 1. The van der Waals surface area contributed by atoms with Gasteiger partial charge in [0.25, 0.3) is 0 Å². The van der Waals surface area contributed by atoms with Crippen molar-refractivity contribution >= 4 is 5.78 Å². The van der Waals surface area contributed by atoms with E-state index in [4.69, 9.17) is 4.74 Å². The molecule has 0 aliphatic heterocycles. The summed E-state index contributed by atoms with van der Waals surface area (Å²) in [6.07, 6.45) is 3.91. The van der Waals surface area contributed by atoms with Gasteiger partial charge in [-0.05, 0) is 25.0 Å². The van der Waals surface area contributed by atoms with Crippen molar-refractivity contribution in [3.05, 3.63) is 29.6 Å². The summed E-state index contributed by atoms with van der Waals surface area (Å²) in [5, 5.41) is 0. The Morgan fingerprint density at radius 2 is 2.06 bits per heavy atom. The number of methoxy groups -OCH3 is 1. The minimum absolute atomic E-state index is 0.00149. The Balaban J connectivity index is 2.29. The molecule has 2 rings (SSSR count). The van der Waals surface area contributed by atoms with Gasteiger partial charge >= 0.3 is 0 Å². The molecule has 1 aromatic carbocycles. The Kier molecular flexibility index (Phi) is 3.22. The Morgan fingerprint density at radius 1 is 1.38 bits per heavy atom. The smallest absolute Gasteiger partial charge is 0.175 e. The topological polar surface area (TPSA) is 26.3 Å². The van der Waals surface area contributed by atoms with Crippen LogP contribution < -0.4 is 4.74 Å². The van der Waals surface area contributed by atoms with Crippen molar-refractivity contribution in [1.82, 2.24) is 0 Å². The number of hydrogen-bond donors (Lipinski definition) is 0. The van der Waals surface area contributed by atoms with E-state index in [-0.39, 0.29) is 23.0 Å². The summed E-state index contributed by atoms with van der Waals surface area (Å²) in [6, 6.07) is 4.73. The quantitative estimate of drug-likeness (QED) is 0.734. The van der Waals surface area contributed by atoms with E-state index in [0.29, 0.717) is 0 Å². The first-order chi connectivity index (χ1) is 7.74. The first-order valence-corrected chi connectivity index (χ1v) is 5.60. The van der Waals surface area contributed by atoms with Crippen LogP contribution in [0.2, 0.25) is 0 Å². The Bertz CT molecular complexity index is 395. The highest BCUT2D eigenvalue weighted by Crippen LogP contribution is 2.30. The third-order valence-corrected chi connectivity index (χ3v) is 3.17. The lowest BCUT2D eigenvalue weighted by atomic mass is 9.96. The van der Waals surface area contributed by atoms with Gasteiger partial charge in [-0.1, -0.05) is 18.9 Å². The number of Topliss-reactive ketones (excluding diaryl/α,β-unsaturated/α-hetero) is 1. The molecule has 0 heterocycles. The number of hydrogen-bond acceptors (Lipinski definition) is 2. The van der Waals surface area contributed by atoms with Crippen LogP contribution in [0.3, 0.4) is 0 Å². The lowest BCUT2D eigenvalue weighted by Crippen LogP contribution is -2.13. The van der Waals surface area contributed by atoms with Crippen molar-refractivity contribution in [3.8, 4) is 5.75 Å². The SMILES string of the molecule is COc1cccc(C(=O)C2CCCC2)c1F. The maximum Gasteiger partial charge on any atom is 0.175 e. The standard InChI is InChI=1S/C13H15FO2/c1-16-11-8-4-7-10(12(11)14)13(15)9-5-2-3-6-9/h4,7-9H,2-3,5-6H2,1H3. The van der Waals surface area contributed by atoms with E-state index in [1.807, 2.05) is 0 Å². The highest BCUT2D eigenvalue weighted by atomic mass is 19.1. The highest BCUT2D eigenvalue weighted by Gasteiger charge is 2.26. The second kappa shape index (κ2) is 4.64. The average molecular weight is 222 g/mol. The summed E-state index contributed by atoms with van der Waals surface area (Å²) in [7, 11) is 1.40. The van der Waals surface area contributed by atoms with E-state index in [9.17, 15) is 9.18 Å². The van der Waals surface area contributed by atoms with E-state index in [1.165, 1.54) is 13.2 Å². The van der Waals surface area contributed by atoms with Crippen molar-refractivity contribution in [2.45, 2.75) is 25.7 Å². The van der Waals surface area contributed by atoms with Gasteiger partial charge in [-0.2, -0.15) is 0 Å². The van der Waals surface area contributed by atoms with Gasteiger partial charge < -0.3 is 4.74 Å². The number of rotatable bonds is 3. The number of carbonyl (C=O) groups excluding carboxylic acids is 1. The first-order valence-electron chi connectivity index (χ1n) is 5.60. The molecule has 0 amide bonds. The van der Waals surface area contributed by atoms with Crippen molar-refractivity contribution in [2.24, 2.45) is 5.92 Å². The molecule has 0 spiro atoms. The third-order valence-electron chi connectivity index (χ3n) is 3.17. The Hall–Kier alpha value is -1.38. The van der Waals surface area contributed by atoms with Gasteiger partial charge in [0, 0.05) is 5.92 Å². The van der Waals surface area contributed by atoms with E-state index < -0.39 is 5.82 Å². The summed E-state index contributed by atoms with van der Waals surface area (Å²) in [4.78, 5) is 12.0. The van der Waals surface area contributed by atoms with Gasteiger partial charge in [-0.25, -0.2) is 4.39 Å². The maximum absolute atomic E-state index is 13.8. The summed E-state index contributed by atoms with van der Waals surface area (Å²) < 4.78 is 18.7. The summed E-state index contributed by atoms with van der Waals surface area (Å²) >= 11 is 0. The fourth-order valence-corrected chi connectivity index (χ4v) is 2.27. The molecule has 16 heavy (non-hydrogen) atoms. The third kappa shape index (κ3) is 1.94. The molecule has 1 aliphatic rings. The minimum atomic E-state index is -0.526. The molecule has 86 valence electrons. The molecule has 0 atom stereocenters. The molecular weight excluding hydrogens is 207 g/mol. The van der Waals surface area contributed by atoms with Crippen LogP contribution in [0.25, 0.3) is 0 Å². The van der Waals surface area contributed by atoms with E-state index in [2.05, 4.69) is 0 Å². The predicted octanol–water partition coefficient (Wildman–Crippen LogP) is 3.21. The number of carbonyl (C=O) groups is 1. The van der Waals surface area contributed by atoms with Crippen LogP contribution in [0.1, 0.15) is 36.0 Å². The number of ether oxygens (including phenoxy) is 1. The molecular formula is C13H15FO2. The molecule has 0 aromatic heterocycles. The van der Waals surface area contributed by atoms with E-state index in [0.717, 1.165) is 25.7 Å². The Morgan fingerprint density at radius 3 is 2.69 bits per heavy atom. The van der Waals surface area contributed by atoms with Crippen molar-refractivity contribution in [1.29, 1.82) is 0 Å². The molecule has 0 unspecified atom stereocenters. The first kappa shape index (κ1) is 11.1. The molecule has 1 fully saturated rings. The maximum atomic E-state index is 13.8. The van der Waals surface area contributed by atoms with Crippen molar-refractivity contribution in [3.63, 3.8) is 0 Å². The van der Waals surface area contributed by atoms with Gasteiger partial charge in [0.2, 0.25) is 0 Å². The highest BCUT2D eigenvalue weighted by molar-refractivity contribution is 5.98. The summed E-state index contributed by atoms with van der Waals surface area (Å²) in [5.74, 6) is -0.457. The lowest BCUT2D eigenvalue weighted by Gasteiger charge is -2.10. The molecule has 0 bridgehead atoms. The van der Waals surface area contributed by atoms with Crippen LogP contribution in [0.5, 0.6) is 5.75 Å². The minimum Gasteiger partial charge on any atom is -0.494 e. The average Bonchev–Trinajstić information content (AvgIpc) is 2.82. The summed E-state index contributed by atoms with van der Waals surface area (Å²) in [5.41, 5.74) is 0.172. The normalized spacial score (nSPS) is 16.4. The van der Waals surface area contributed by atoms with Crippen LogP contribution in [0, 0.1) is 11.7 Å². The van der Waals surface area contributed by atoms with Gasteiger partial charge in [0.15, 0.2) is 17.3 Å². The molecule has 0 N–H and O–H groups in total. The van der Waals surface area contributed by atoms with Gasteiger partial charge in [-0.15, -0.1) is 0 Å². The van der Waals surface area contributed by atoms with E-state index in [1.54, 1.807) is 12.1 Å². The van der Waals surface area contributed by atoms with Crippen LogP contribution in [0.15, 0.2) is 18.2 Å². The van der Waals surface area contributed by atoms with Gasteiger partial charge in [0.05, 0.1) is 12.7 Å². The Labute approximate surface area is 94.4 Å². The van der Waals surface area contributed by atoms with Crippen molar-refractivity contribution in [2.75, 3.05) is 7.11 Å². The molecule has 3 heteroatoms. The van der Waals surface area contributed by atoms with Crippen LogP contribution in [-0.4, -0.2) is 12.9 Å². The second-order valence-corrected chi connectivity index (χ2v) is 4.17. The van der Waals surface area contributed by atoms with Crippen LogP contribution >= 0.6 is 0 Å². The summed E-state index contributed by atoms with van der Waals surface area (Å²) in [6.45, 7) is 0. The zero-order valence-corrected chi connectivity index (χ0v) is 9.33. The molecule has 1 saturated carbocycles. The second-order valence-electron chi connectivity index (χ2n) is 4.17. The molecule has 0 radical (unpaired) electrons. The van der Waals surface area contributed by atoms with E-state index >= 15 is 0 Å². The number of ketones is 1. The zero-order valence-electron chi connectivity index (χ0n) is 9.33. The fraction of sp³-hybridized carbons (Fsp3) is 0.462. The largest absolute Gasteiger partial charge is 0.494 e. The van der Waals surface area contributed by atoms with Gasteiger partial charge in [0.1, 0.15) is 0 Å². The molecule has 1 aliphatic carbocycles. The van der Waals surface area contributed by atoms with Crippen molar-refractivity contribution < 1.29 is 13.9 Å². The fourth-order valence-electron chi connectivity index (χ4n) is 2.27. The van der Waals surface area contributed by atoms with Crippen LogP contribution in [-0.2, 0) is 0 Å². The van der Waals surface area contributed by atoms with Gasteiger partial charge in [-0.3, -0.25) is 4.79 Å². The monoisotopic (exact) mass is 222 g/mol. The lowest BCUT2D eigenvalue weighted by molar-refractivity contribution is 0.0918. The molecule has 1 aromatic rings.